The summed E-state index contributed by atoms with van der Waals surface area (Å²) in [5.41, 5.74) is 12.2. The van der Waals surface area contributed by atoms with Crippen LogP contribution in [0.3, 0.4) is 0 Å². The minimum atomic E-state index is -0.976. The minimum absolute atomic E-state index is 0.0811. The van der Waals surface area contributed by atoms with E-state index in [1.165, 1.54) is 22.7 Å². The molecule has 0 spiro atoms. The minimum Gasteiger partial charge on any atom is -0.365 e. The summed E-state index contributed by atoms with van der Waals surface area (Å²) in [6.45, 7) is 2.05. The number of aromatic nitrogens is 4. The summed E-state index contributed by atoms with van der Waals surface area (Å²) in [4.78, 5) is 41.9. The zero-order valence-corrected chi connectivity index (χ0v) is 22.8. The number of rotatable bonds is 8. The van der Waals surface area contributed by atoms with Crippen LogP contribution in [0.25, 0.3) is 0 Å². The molecule has 12 nitrogen and oxygen atoms in total. The molecule has 0 radical (unpaired) electrons. The van der Waals surface area contributed by atoms with Crippen molar-refractivity contribution in [3.05, 3.63) is 48.6 Å². The Bertz CT molecular complexity index is 1440. The Kier molecular flexibility index (Phi) is 6.24. The van der Waals surface area contributed by atoms with Gasteiger partial charge in [-0.15, -0.1) is 32.9 Å². The number of aryl methyl sites for hydroxylation is 2. The molecule has 202 valence electrons. The number of nitriles is 1. The van der Waals surface area contributed by atoms with Crippen LogP contribution in [-0.2, 0) is 23.1 Å². The van der Waals surface area contributed by atoms with E-state index in [9.17, 15) is 19.6 Å². The molecule has 6 N–H and O–H groups in total. The van der Waals surface area contributed by atoms with Crippen molar-refractivity contribution in [2.75, 3.05) is 6.54 Å². The molecule has 1 aliphatic heterocycles. The maximum atomic E-state index is 13.1. The summed E-state index contributed by atoms with van der Waals surface area (Å²) < 4.78 is 0. The molecule has 6 rings (SSSR count). The van der Waals surface area contributed by atoms with Crippen LogP contribution in [0.15, 0.2) is 12.1 Å². The van der Waals surface area contributed by atoms with E-state index >= 15 is 0 Å². The van der Waals surface area contributed by atoms with Gasteiger partial charge in [0.1, 0.15) is 6.04 Å². The van der Waals surface area contributed by atoms with Crippen LogP contribution < -0.4 is 16.8 Å². The van der Waals surface area contributed by atoms with Crippen LogP contribution in [0, 0.1) is 17.2 Å². The molecule has 3 aromatic heterocycles. The first-order valence-corrected chi connectivity index (χ1v) is 14.4. The molecule has 0 aromatic carbocycles. The van der Waals surface area contributed by atoms with Gasteiger partial charge in [0.05, 0.1) is 27.8 Å². The molecular weight excluding hydrogens is 538 g/mol. The third-order valence-electron chi connectivity index (χ3n) is 8.06. The second kappa shape index (κ2) is 9.51. The zero-order valence-electron chi connectivity index (χ0n) is 21.1. The van der Waals surface area contributed by atoms with Gasteiger partial charge in [-0.3, -0.25) is 14.4 Å². The summed E-state index contributed by atoms with van der Waals surface area (Å²) in [5.74, 6) is -0.300. The number of fused-ring (bicyclic) bond motifs is 3. The highest BCUT2D eigenvalue weighted by molar-refractivity contribution is 7.15. The molecule has 14 heteroatoms. The van der Waals surface area contributed by atoms with Crippen molar-refractivity contribution in [2.24, 2.45) is 17.4 Å². The molecule has 3 amide bonds. The van der Waals surface area contributed by atoms with Gasteiger partial charge < -0.3 is 21.7 Å². The van der Waals surface area contributed by atoms with E-state index in [-0.39, 0.29) is 30.6 Å². The van der Waals surface area contributed by atoms with Crippen molar-refractivity contribution in [3.8, 4) is 6.07 Å². The predicted octanol–water partition coefficient (Wildman–Crippen LogP) is 0.835. The number of nitrogens with zero attached hydrogens (tertiary/aromatic N) is 5. The lowest BCUT2D eigenvalue weighted by Gasteiger charge is -2.34. The number of nitrogens with two attached hydrogens (primary N) is 2. The van der Waals surface area contributed by atoms with Crippen LogP contribution in [0.5, 0.6) is 0 Å². The Hall–Kier alpha value is -3.67. The number of primary amides is 2. The SMILES string of the molecule is C[C@H](CC1(c2nn[nH]n2)c2cc(C(N)=O)sc2CCc2cc(C(N)=O)sc21)NCC(=O)N1[C@H](C#N)C[C@@H]2C[C@@H]21. The van der Waals surface area contributed by atoms with Crippen molar-refractivity contribution in [1.82, 2.24) is 30.8 Å². The third kappa shape index (κ3) is 4.21. The number of tetrazole rings is 1. The zero-order chi connectivity index (χ0) is 27.5. The standard InChI is InChI=1S/C25H27N9O3S2/c1-11(29-10-20(35)34-14(9-26)4-13-5-16(13)34)8-25(24-30-32-33-31-24)15-7-19(23(28)37)38-17(15)3-2-12-6-18(22(27)36)39-21(12)25/h6-7,11,13-14,16,29H,2-5,8,10H2,1H3,(H2,27,36)(H2,28,37)(H,30,31,32,33)/t11-,13-,14+,16+,25?/m1/s1. The lowest BCUT2D eigenvalue weighted by atomic mass is 9.73. The summed E-state index contributed by atoms with van der Waals surface area (Å²) >= 11 is 2.64. The number of H-pyrrole nitrogens is 1. The monoisotopic (exact) mass is 565 g/mol. The molecule has 4 heterocycles. The van der Waals surface area contributed by atoms with Gasteiger partial charge in [0.25, 0.3) is 11.8 Å². The predicted molar refractivity (Wildman–Crippen MR) is 142 cm³/mol. The van der Waals surface area contributed by atoms with Crippen LogP contribution in [0.1, 0.15) is 72.2 Å². The summed E-state index contributed by atoms with van der Waals surface area (Å²) in [6.07, 6.45) is 3.39. The van der Waals surface area contributed by atoms with Crippen molar-refractivity contribution in [1.29, 1.82) is 5.26 Å². The van der Waals surface area contributed by atoms with Crippen molar-refractivity contribution in [2.45, 2.75) is 62.6 Å². The van der Waals surface area contributed by atoms with Gasteiger partial charge in [0, 0.05) is 21.8 Å². The van der Waals surface area contributed by atoms with Crippen molar-refractivity contribution >= 4 is 40.4 Å². The first-order valence-electron chi connectivity index (χ1n) is 12.8. The number of amides is 3. The number of thiophene rings is 2. The van der Waals surface area contributed by atoms with Gasteiger partial charge in [-0.1, -0.05) is 5.21 Å². The number of piperidine rings is 1. The number of likely N-dealkylation sites (tertiary alicyclic amines) is 1. The number of aromatic amines is 1. The van der Waals surface area contributed by atoms with Gasteiger partial charge in [-0.25, -0.2) is 0 Å². The van der Waals surface area contributed by atoms with E-state index in [0.717, 1.165) is 33.7 Å². The molecule has 5 atom stereocenters. The normalized spacial score (nSPS) is 25.6. The molecule has 1 unspecified atom stereocenters. The summed E-state index contributed by atoms with van der Waals surface area (Å²) in [7, 11) is 0. The van der Waals surface area contributed by atoms with Crippen LogP contribution in [-0.4, -0.2) is 67.9 Å². The van der Waals surface area contributed by atoms with E-state index in [2.05, 4.69) is 32.0 Å². The number of carbonyl (C=O) groups excluding carboxylic acids is 3. The Morgan fingerprint density at radius 1 is 1.23 bits per heavy atom. The van der Waals surface area contributed by atoms with Gasteiger partial charge in [-0.2, -0.15) is 10.5 Å². The molecule has 2 aliphatic carbocycles. The van der Waals surface area contributed by atoms with Crippen LogP contribution >= 0.6 is 22.7 Å². The van der Waals surface area contributed by atoms with E-state index in [0.29, 0.717) is 40.8 Å². The third-order valence-corrected chi connectivity index (χ3v) is 10.6. The van der Waals surface area contributed by atoms with Gasteiger partial charge in [0.2, 0.25) is 5.91 Å². The lowest BCUT2D eigenvalue weighted by Crippen LogP contribution is -2.46. The van der Waals surface area contributed by atoms with Gasteiger partial charge >= 0.3 is 0 Å². The number of nitrogens with one attached hydrogen (secondary N) is 2. The highest BCUT2D eigenvalue weighted by Crippen LogP contribution is 2.51. The summed E-state index contributed by atoms with van der Waals surface area (Å²) in [5, 5.41) is 28.1. The maximum absolute atomic E-state index is 13.1. The second-order valence-corrected chi connectivity index (χ2v) is 12.7. The number of carbonyl (C=O) groups is 3. The molecule has 39 heavy (non-hydrogen) atoms. The molecule has 1 saturated heterocycles. The van der Waals surface area contributed by atoms with Crippen LogP contribution in [0.4, 0.5) is 0 Å². The lowest BCUT2D eigenvalue weighted by molar-refractivity contribution is -0.131. The number of hydrogen-bond acceptors (Lipinski definition) is 10. The van der Waals surface area contributed by atoms with Gasteiger partial charge in [-0.05, 0) is 68.2 Å². The van der Waals surface area contributed by atoms with Crippen molar-refractivity contribution < 1.29 is 14.4 Å². The Morgan fingerprint density at radius 3 is 2.69 bits per heavy atom. The highest BCUT2D eigenvalue weighted by Gasteiger charge is 2.54. The fraction of sp³-hybridized carbons (Fsp3) is 0.480. The molecule has 1 saturated carbocycles. The first kappa shape index (κ1) is 25.6. The van der Waals surface area contributed by atoms with E-state index in [1.807, 2.05) is 13.0 Å². The average Bonchev–Trinajstić information content (AvgIpc) is 3.42. The second-order valence-electron chi connectivity index (χ2n) is 10.5. The average molecular weight is 566 g/mol. The molecule has 3 aliphatic rings. The largest absolute Gasteiger partial charge is 0.365 e. The summed E-state index contributed by atoms with van der Waals surface area (Å²) in [6, 6.07) is 5.45. The van der Waals surface area contributed by atoms with E-state index in [1.54, 1.807) is 11.0 Å². The Balaban J connectivity index is 1.38. The maximum Gasteiger partial charge on any atom is 0.258 e. The molecule has 2 fully saturated rings. The Morgan fingerprint density at radius 2 is 2.00 bits per heavy atom. The molecule has 0 bridgehead atoms. The fourth-order valence-electron chi connectivity index (χ4n) is 6.24. The fourth-order valence-corrected chi connectivity index (χ4v) is 8.60. The van der Waals surface area contributed by atoms with E-state index < -0.39 is 17.2 Å². The quantitative estimate of drug-likeness (QED) is 0.308. The van der Waals surface area contributed by atoms with E-state index in [4.69, 9.17) is 11.5 Å². The topological polar surface area (TPSA) is 197 Å². The first-order chi connectivity index (χ1) is 18.7. The Labute approximate surface area is 231 Å². The smallest absolute Gasteiger partial charge is 0.258 e. The number of hydrogen-bond donors (Lipinski definition) is 4. The molecular formula is C25H27N9O3S2. The highest BCUT2D eigenvalue weighted by atomic mass is 32.1. The van der Waals surface area contributed by atoms with Crippen molar-refractivity contribution in [3.63, 3.8) is 0 Å². The van der Waals surface area contributed by atoms with Gasteiger partial charge in [0.15, 0.2) is 5.82 Å². The van der Waals surface area contributed by atoms with Crippen LogP contribution in [0.2, 0.25) is 0 Å². The molecule has 3 aromatic rings.